The van der Waals surface area contributed by atoms with Crippen molar-refractivity contribution in [2.24, 2.45) is 0 Å². The van der Waals surface area contributed by atoms with E-state index in [4.69, 9.17) is 9.31 Å². The van der Waals surface area contributed by atoms with Gasteiger partial charge in [0.15, 0.2) is 0 Å². The zero-order chi connectivity index (χ0) is 31.9. The van der Waals surface area contributed by atoms with Crippen molar-refractivity contribution in [1.82, 2.24) is 9.13 Å². The molecule has 0 bridgehead atoms. The summed E-state index contributed by atoms with van der Waals surface area (Å²) >= 11 is 0. The molecule has 1 saturated heterocycles. The molecule has 5 heteroatoms. The van der Waals surface area contributed by atoms with Crippen LogP contribution in [0.5, 0.6) is 0 Å². The van der Waals surface area contributed by atoms with Gasteiger partial charge < -0.3 is 18.4 Å². The molecule has 4 nitrogen and oxygen atoms in total. The lowest BCUT2D eigenvalue weighted by Crippen LogP contribution is -2.41. The molecule has 0 saturated carbocycles. The molecule has 3 heterocycles. The number of hydrogen-bond donors (Lipinski definition) is 0. The minimum atomic E-state index is -0.413. The van der Waals surface area contributed by atoms with Gasteiger partial charge in [0.05, 0.1) is 33.3 Å². The molecule has 0 radical (unpaired) electrons. The first-order valence-electron chi connectivity index (χ1n) is 16.7. The van der Waals surface area contributed by atoms with Gasteiger partial charge in [0.1, 0.15) is 0 Å². The van der Waals surface area contributed by atoms with Gasteiger partial charge in [-0.3, -0.25) is 0 Å². The molecule has 230 valence electrons. The van der Waals surface area contributed by atoms with Crippen LogP contribution in [0.25, 0.3) is 66.1 Å². The van der Waals surface area contributed by atoms with Crippen LogP contribution in [0.15, 0.2) is 127 Å². The SMILES string of the molecule is CC1(C)OB(c2ccc3c(c2)c2cc(-c4ccc5c(c4)c4ccccc4n5-c4ccccc4)ccc2n3C2=CCCC=C2)OC1(C)C. The van der Waals surface area contributed by atoms with Gasteiger partial charge in [0.2, 0.25) is 0 Å². The van der Waals surface area contributed by atoms with Gasteiger partial charge in [-0.1, -0.05) is 72.8 Å². The number of nitrogens with zero attached hydrogens (tertiary/aromatic N) is 2. The highest BCUT2D eigenvalue weighted by Crippen LogP contribution is 2.40. The first-order valence-corrected chi connectivity index (χ1v) is 16.7. The Morgan fingerprint density at radius 3 is 1.81 bits per heavy atom. The van der Waals surface area contributed by atoms with E-state index in [1.165, 1.54) is 66.1 Å². The second-order valence-corrected chi connectivity index (χ2v) is 14.0. The third kappa shape index (κ3) is 4.37. The second-order valence-electron chi connectivity index (χ2n) is 14.0. The number of hydrogen-bond acceptors (Lipinski definition) is 2. The van der Waals surface area contributed by atoms with Crippen LogP contribution in [-0.2, 0) is 9.31 Å². The van der Waals surface area contributed by atoms with E-state index in [0.717, 1.165) is 18.3 Å². The maximum absolute atomic E-state index is 6.48. The van der Waals surface area contributed by atoms with Crippen molar-refractivity contribution in [2.75, 3.05) is 0 Å². The Kier molecular flexibility index (Phi) is 6.24. The highest BCUT2D eigenvalue weighted by molar-refractivity contribution is 6.62. The van der Waals surface area contributed by atoms with Crippen molar-refractivity contribution in [3.63, 3.8) is 0 Å². The van der Waals surface area contributed by atoms with Crippen LogP contribution >= 0.6 is 0 Å². The number of benzene rings is 5. The molecule has 2 aromatic heterocycles. The number of rotatable bonds is 4. The lowest BCUT2D eigenvalue weighted by atomic mass is 9.78. The number of aromatic nitrogens is 2. The van der Waals surface area contributed by atoms with E-state index in [1.54, 1.807) is 0 Å². The Morgan fingerprint density at radius 1 is 0.553 bits per heavy atom. The molecule has 0 unspecified atom stereocenters. The summed E-state index contributed by atoms with van der Waals surface area (Å²) in [5.74, 6) is 0. The first-order chi connectivity index (χ1) is 22.8. The number of allylic oxidation sites excluding steroid dienone is 4. The standard InChI is InChI=1S/C42H37BN2O2/c1-41(2)42(3,4)47-43(46-41)30-21-24-40-36(27-30)35-26-29(20-23-39(35)45(40)32-15-9-6-10-16-32)28-19-22-38-34(25-28)33-17-11-12-18-37(33)44(38)31-13-7-5-8-14-31/h5,7-9,11-27H,6,10H2,1-4H3. The van der Waals surface area contributed by atoms with Gasteiger partial charge in [-0.05, 0) is 112 Å². The average Bonchev–Trinajstić information content (AvgIpc) is 3.68. The quantitative estimate of drug-likeness (QED) is 0.185. The molecule has 0 amide bonds. The monoisotopic (exact) mass is 612 g/mol. The van der Waals surface area contributed by atoms with Gasteiger partial charge in [0, 0.05) is 32.9 Å². The van der Waals surface area contributed by atoms with E-state index in [1.807, 2.05) is 0 Å². The summed E-state index contributed by atoms with van der Waals surface area (Å²) in [7, 11) is -0.413. The summed E-state index contributed by atoms with van der Waals surface area (Å²) in [6.07, 6.45) is 9.02. The molecule has 0 N–H and O–H groups in total. The van der Waals surface area contributed by atoms with E-state index in [-0.39, 0.29) is 0 Å². The summed E-state index contributed by atoms with van der Waals surface area (Å²) in [6.45, 7) is 8.44. The van der Waals surface area contributed by atoms with E-state index in [9.17, 15) is 0 Å². The fourth-order valence-electron chi connectivity index (χ4n) is 7.40. The first kappa shape index (κ1) is 28.4. The molecule has 0 spiro atoms. The summed E-state index contributed by atoms with van der Waals surface area (Å²) < 4.78 is 17.7. The largest absolute Gasteiger partial charge is 0.494 e. The Balaban J connectivity index is 1.23. The third-order valence-electron chi connectivity index (χ3n) is 10.6. The Hall–Kier alpha value is -4.84. The summed E-state index contributed by atoms with van der Waals surface area (Å²) in [5.41, 5.74) is 9.87. The van der Waals surface area contributed by atoms with E-state index in [2.05, 4.69) is 164 Å². The van der Waals surface area contributed by atoms with Crippen LogP contribution in [0.1, 0.15) is 40.5 Å². The van der Waals surface area contributed by atoms with E-state index < -0.39 is 18.3 Å². The molecule has 0 atom stereocenters. The highest BCUT2D eigenvalue weighted by Gasteiger charge is 2.51. The van der Waals surface area contributed by atoms with Crippen molar-refractivity contribution in [2.45, 2.75) is 51.7 Å². The maximum Gasteiger partial charge on any atom is 0.494 e. The smallest absolute Gasteiger partial charge is 0.399 e. The fourth-order valence-corrected chi connectivity index (χ4v) is 7.40. The van der Waals surface area contributed by atoms with Gasteiger partial charge in [-0.25, -0.2) is 0 Å². The summed E-state index contributed by atoms with van der Waals surface area (Å²) in [6, 6.07) is 39.9. The highest BCUT2D eigenvalue weighted by atomic mass is 16.7. The molecule has 1 fully saturated rings. The molecule has 47 heavy (non-hydrogen) atoms. The van der Waals surface area contributed by atoms with Crippen molar-refractivity contribution >= 4 is 61.9 Å². The Bertz CT molecular complexity index is 2410. The number of para-hydroxylation sites is 2. The zero-order valence-corrected chi connectivity index (χ0v) is 27.3. The van der Waals surface area contributed by atoms with Crippen LogP contribution in [-0.4, -0.2) is 27.5 Å². The van der Waals surface area contributed by atoms with Crippen LogP contribution in [0, 0.1) is 0 Å². The Labute approximate surface area is 275 Å². The van der Waals surface area contributed by atoms with Crippen LogP contribution < -0.4 is 5.46 Å². The fraction of sp³-hybridized carbons (Fsp3) is 0.190. The average molecular weight is 613 g/mol. The van der Waals surface area contributed by atoms with Crippen molar-refractivity contribution in [3.05, 3.63) is 127 Å². The van der Waals surface area contributed by atoms with Gasteiger partial charge in [-0.2, -0.15) is 0 Å². The molecule has 1 aliphatic carbocycles. The minimum absolute atomic E-state index is 0.395. The molecule has 5 aromatic carbocycles. The predicted octanol–water partition coefficient (Wildman–Crippen LogP) is 10.0. The predicted molar refractivity (Wildman–Crippen MR) is 198 cm³/mol. The molecule has 7 aromatic rings. The Morgan fingerprint density at radius 2 is 1.13 bits per heavy atom. The topological polar surface area (TPSA) is 28.3 Å². The molecular formula is C42H37BN2O2. The molecular weight excluding hydrogens is 575 g/mol. The lowest BCUT2D eigenvalue weighted by molar-refractivity contribution is 0.00578. The van der Waals surface area contributed by atoms with Gasteiger partial charge in [-0.15, -0.1) is 0 Å². The normalized spacial score (nSPS) is 17.4. The van der Waals surface area contributed by atoms with E-state index in [0.29, 0.717) is 0 Å². The van der Waals surface area contributed by atoms with Crippen LogP contribution in [0.2, 0.25) is 0 Å². The third-order valence-corrected chi connectivity index (χ3v) is 10.6. The number of fused-ring (bicyclic) bond motifs is 6. The zero-order valence-electron chi connectivity index (χ0n) is 27.3. The minimum Gasteiger partial charge on any atom is -0.399 e. The molecule has 9 rings (SSSR count). The van der Waals surface area contributed by atoms with Crippen LogP contribution in [0.4, 0.5) is 0 Å². The van der Waals surface area contributed by atoms with E-state index >= 15 is 0 Å². The second kappa shape index (κ2) is 10.3. The van der Waals surface area contributed by atoms with Gasteiger partial charge >= 0.3 is 7.12 Å². The van der Waals surface area contributed by atoms with Crippen molar-refractivity contribution in [1.29, 1.82) is 0 Å². The van der Waals surface area contributed by atoms with Crippen molar-refractivity contribution < 1.29 is 9.31 Å². The van der Waals surface area contributed by atoms with Gasteiger partial charge in [0.25, 0.3) is 0 Å². The lowest BCUT2D eigenvalue weighted by Gasteiger charge is -2.32. The summed E-state index contributed by atoms with van der Waals surface area (Å²) in [5, 5.41) is 4.94. The van der Waals surface area contributed by atoms with Crippen LogP contribution in [0.3, 0.4) is 0 Å². The molecule has 2 aliphatic rings. The summed E-state index contributed by atoms with van der Waals surface area (Å²) in [4.78, 5) is 0. The molecule has 1 aliphatic heterocycles. The maximum atomic E-state index is 6.48. The van der Waals surface area contributed by atoms with Crippen molar-refractivity contribution in [3.8, 4) is 16.8 Å².